The van der Waals surface area contributed by atoms with Crippen molar-refractivity contribution in [1.82, 2.24) is 20.1 Å². The third kappa shape index (κ3) is 4.51. The smallest absolute Gasteiger partial charge is 0.295 e. The maximum absolute atomic E-state index is 12.9. The molecule has 0 atom stereocenters. The van der Waals surface area contributed by atoms with Crippen LogP contribution in [0.3, 0.4) is 0 Å². The molecular formula is C24H21N5O2. The monoisotopic (exact) mass is 411 g/mol. The van der Waals surface area contributed by atoms with Gasteiger partial charge in [-0.05, 0) is 37.3 Å². The lowest BCUT2D eigenvalue weighted by Crippen LogP contribution is -2.23. The molecule has 1 heterocycles. The summed E-state index contributed by atoms with van der Waals surface area (Å²) in [6.45, 7) is 2.38. The second-order valence-electron chi connectivity index (χ2n) is 6.77. The van der Waals surface area contributed by atoms with Gasteiger partial charge in [-0.2, -0.15) is 0 Å². The van der Waals surface area contributed by atoms with Crippen LogP contribution in [0.1, 0.15) is 27.9 Å². The number of carbonyl (C=O) groups excluding carboxylic acids is 2. The molecule has 0 aliphatic carbocycles. The standard InChI is InChI=1S/C24H21N5O2/c1-2-25-23(30)18-12-9-13-19(16-18)26-24(31)21-27-22(17-10-5-3-6-11-17)29(28-21)20-14-7-4-8-15-20/h3-16H,2H2,1H3,(H,25,30)(H,26,31). The molecule has 0 unspecified atom stereocenters. The summed E-state index contributed by atoms with van der Waals surface area (Å²) < 4.78 is 1.65. The third-order valence-corrected chi connectivity index (χ3v) is 4.56. The number of rotatable bonds is 6. The van der Waals surface area contributed by atoms with Crippen molar-refractivity contribution in [3.05, 3.63) is 96.3 Å². The predicted octanol–water partition coefficient (Wildman–Crippen LogP) is 3.94. The van der Waals surface area contributed by atoms with Gasteiger partial charge in [-0.3, -0.25) is 9.59 Å². The highest BCUT2D eigenvalue weighted by Gasteiger charge is 2.19. The Kier molecular flexibility index (Phi) is 5.84. The lowest BCUT2D eigenvalue weighted by molar-refractivity contribution is 0.0954. The summed E-state index contributed by atoms with van der Waals surface area (Å²) in [5, 5.41) is 9.98. The maximum atomic E-state index is 12.9. The molecule has 0 spiro atoms. The van der Waals surface area contributed by atoms with Gasteiger partial charge in [0, 0.05) is 23.4 Å². The summed E-state index contributed by atoms with van der Waals surface area (Å²) in [4.78, 5) is 29.5. The van der Waals surface area contributed by atoms with Crippen LogP contribution in [0.4, 0.5) is 5.69 Å². The molecule has 7 heteroatoms. The number of amides is 2. The van der Waals surface area contributed by atoms with Gasteiger partial charge in [-0.1, -0.05) is 54.6 Å². The van der Waals surface area contributed by atoms with Crippen LogP contribution in [0, 0.1) is 0 Å². The van der Waals surface area contributed by atoms with Crippen molar-refractivity contribution < 1.29 is 9.59 Å². The number of hydrogen-bond donors (Lipinski definition) is 2. The Balaban J connectivity index is 1.66. The zero-order valence-electron chi connectivity index (χ0n) is 16.9. The first-order valence-electron chi connectivity index (χ1n) is 9.93. The Labute approximate surface area is 179 Å². The zero-order valence-corrected chi connectivity index (χ0v) is 16.9. The molecule has 2 N–H and O–H groups in total. The Bertz CT molecular complexity index is 1150. The second kappa shape index (κ2) is 9.04. The van der Waals surface area contributed by atoms with Crippen molar-refractivity contribution in [3.8, 4) is 17.1 Å². The molecule has 4 rings (SSSR count). The minimum atomic E-state index is -0.458. The van der Waals surface area contributed by atoms with Gasteiger partial charge >= 0.3 is 0 Å². The van der Waals surface area contributed by atoms with Gasteiger partial charge in [0.15, 0.2) is 5.82 Å². The molecule has 1 aromatic heterocycles. The van der Waals surface area contributed by atoms with Crippen molar-refractivity contribution in [2.24, 2.45) is 0 Å². The quantitative estimate of drug-likeness (QED) is 0.503. The first-order chi connectivity index (χ1) is 15.2. The van der Waals surface area contributed by atoms with Crippen molar-refractivity contribution in [2.75, 3.05) is 11.9 Å². The fourth-order valence-corrected chi connectivity index (χ4v) is 3.12. The van der Waals surface area contributed by atoms with E-state index in [4.69, 9.17) is 0 Å². The van der Waals surface area contributed by atoms with E-state index in [-0.39, 0.29) is 11.7 Å². The Morgan fingerprint density at radius 2 is 1.58 bits per heavy atom. The SMILES string of the molecule is CCNC(=O)c1cccc(NC(=O)c2nc(-c3ccccc3)n(-c3ccccc3)n2)c1. The molecule has 0 aliphatic heterocycles. The molecule has 0 bridgehead atoms. The van der Waals surface area contributed by atoms with Crippen molar-refractivity contribution >= 4 is 17.5 Å². The molecule has 154 valence electrons. The molecular weight excluding hydrogens is 390 g/mol. The van der Waals surface area contributed by atoms with Crippen molar-refractivity contribution in [2.45, 2.75) is 6.92 Å². The van der Waals surface area contributed by atoms with Gasteiger partial charge in [0.25, 0.3) is 11.8 Å². The van der Waals surface area contributed by atoms with E-state index < -0.39 is 5.91 Å². The zero-order chi connectivity index (χ0) is 21.6. The highest BCUT2D eigenvalue weighted by atomic mass is 16.2. The Hall–Kier alpha value is -4.26. The molecule has 7 nitrogen and oxygen atoms in total. The Morgan fingerprint density at radius 3 is 2.29 bits per heavy atom. The molecule has 31 heavy (non-hydrogen) atoms. The van der Waals surface area contributed by atoms with Crippen LogP contribution in [0.15, 0.2) is 84.9 Å². The molecule has 0 fully saturated rings. The number of carbonyl (C=O) groups is 2. The lowest BCUT2D eigenvalue weighted by atomic mass is 10.2. The predicted molar refractivity (Wildman–Crippen MR) is 119 cm³/mol. The number of benzene rings is 3. The van der Waals surface area contributed by atoms with Gasteiger partial charge in [-0.25, -0.2) is 9.67 Å². The highest BCUT2D eigenvalue weighted by molar-refractivity contribution is 6.03. The number of nitrogens with one attached hydrogen (secondary N) is 2. The van der Waals surface area contributed by atoms with Gasteiger partial charge < -0.3 is 10.6 Å². The average molecular weight is 411 g/mol. The normalized spacial score (nSPS) is 10.5. The van der Waals surface area contributed by atoms with E-state index in [0.717, 1.165) is 11.3 Å². The summed E-state index contributed by atoms with van der Waals surface area (Å²) in [6, 6.07) is 25.8. The number of nitrogens with zero attached hydrogens (tertiary/aromatic N) is 3. The van der Waals surface area contributed by atoms with Gasteiger partial charge in [-0.15, -0.1) is 5.10 Å². The summed E-state index contributed by atoms with van der Waals surface area (Å²) in [5.74, 6) is -0.0597. The lowest BCUT2D eigenvalue weighted by Gasteiger charge is -2.06. The van der Waals surface area contributed by atoms with Crippen LogP contribution in [-0.4, -0.2) is 33.1 Å². The van der Waals surface area contributed by atoms with Gasteiger partial charge in [0.2, 0.25) is 5.82 Å². The fraction of sp³-hybridized carbons (Fsp3) is 0.0833. The van der Waals surface area contributed by atoms with E-state index in [9.17, 15) is 9.59 Å². The van der Waals surface area contributed by atoms with Crippen LogP contribution in [0.25, 0.3) is 17.1 Å². The van der Waals surface area contributed by atoms with E-state index in [1.54, 1.807) is 28.9 Å². The number of hydrogen-bond acceptors (Lipinski definition) is 4. The summed E-state index contributed by atoms with van der Waals surface area (Å²) >= 11 is 0. The minimum Gasteiger partial charge on any atom is -0.352 e. The Morgan fingerprint density at radius 1 is 0.871 bits per heavy atom. The van der Waals surface area contributed by atoms with Crippen LogP contribution in [0.5, 0.6) is 0 Å². The summed E-state index contributed by atoms with van der Waals surface area (Å²) in [6.07, 6.45) is 0. The molecule has 0 radical (unpaired) electrons. The number of aromatic nitrogens is 3. The minimum absolute atomic E-state index is 0.0334. The first kappa shape index (κ1) is 20.0. The largest absolute Gasteiger partial charge is 0.352 e. The molecule has 2 amide bonds. The highest BCUT2D eigenvalue weighted by Crippen LogP contribution is 2.21. The number of para-hydroxylation sites is 1. The molecule has 4 aromatic rings. The molecule has 3 aromatic carbocycles. The van der Waals surface area contributed by atoms with E-state index in [0.29, 0.717) is 23.6 Å². The van der Waals surface area contributed by atoms with Gasteiger partial charge in [0.05, 0.1) is 5.69 Å². The molecule has 0 aliphatic rings. The van der Waals surface area contributed by atoms with Crippen LogP contribution in [-0.2, 0) is 0 Å². The van der Waals surface area contributed by atoms with Crippen molar-refractivity contribution in [1.29, 1.82) is 0 Å². The van der Waals surface area contributed by atoms with E-state index in [1.165, 1.54) is 0 Å². The van der Waals surface area contributed by atoms with Gasteiger partial charge in [0.1, 0.15) is 0 Å². The van der Waals surface area contributed by atoms with E-state index >= 15 is 0 Å². The maximum Gasteiger partial charge on any atom is 0.295 e. The van der Waals surface area contributed by atoms with E-state index in [2.05, 4.69) is 20.7 Å². The average Bonchev–Trinajstić information content (AvgIpc) is 3.26. The van der Waals surface area contributed by atoms with Crippen LogP contribution >= 0.6 is 0 Å². The number of anilines is 1. The topological polar surface area (TPSA) is 88.9 Å². The molecule has 0 saturated carbocycles. The van der Waals surface area contributed by atoms with E-state index in [1.807, 2.05) is 67.6 Å². The fourth-order valence-electron chi connectivity index (χ4n) is 3.12. The third-order valence-electron chi connectivity index (χ3n) is 4.56. The van der Waals surface area contributed by atoms with Crippen LogP contribution in [0.2, 0.25) is 0 Å². The summed E-state index contributed by atoms with van der Waals surface area (Å²) in [7, 11) is 0. The molecule has 0 saturated heterocycles. The first-order valence-corrected chi connectivity index (χ1v) is 9.93. The second-order valence-corrected chi connectivity index (χ2v) is 6.77. The summed E-state index contributed by atoms with van der Waals surface area (Å²) in [5.41, 5.74) is 2.60. The van der Waals surface area contributed by atoms with Crippen molar-refractivity contribution in [3.63, 3.8) is 0 Å². The van der Waals surface area contributed by atoms with Crippen LogP contribution < -0.4 is 10.6 Å².